The van der Waals surface area contributed by atoms with E-state index in [1.807, 2.05) is 6.07 Å². The highest BCUT2D eigenvalue weighted by molar-refractivity contribution is 5.92. The average molecular weight is 333 g/mol. The molecule has 0 radical (unpaired) electrons. The zero-order valence-corrected chi connectivity index (χ0v) is 14.4. The average Bonchev–Trinajstić information content (AvgIpc) is 2.98. The van der Waals surface area contributed by atoms with Crippen LogP contribution in [0.15, 0.2) is 18.2 Å². The van der Waals surface area contributed by atoms with Gasteiger partial charge in [0, 0.05) is 38.5 Å². The molecule has 0 aliphatic carbocycles. The van der Waals surface area contributed by atoms with E-state index < -0.39 is 0 Å². The van der Waals surface area contributed by atoms with Gasteiger partial charge in [-0.1, -0.05) is 13.0 Å². The first kappa shape index (κ1) is 17.4. The topological polar surface area (TPSA) is 54.0 Å². The lowest BCUT2D eigenvalue weighted by atomic mass is 10.1. The van der Waals surface area contributed by atoms with Crippen LogP contribution in [0.4, 0.5) is 5.69 Å². The van der Waals surface area contributed by atoms with Crippen LogP contribution in [0.25, 0.3) is 0 Å². The summed E-state index contributed by atoms with van der Waals surface area (Å²) in [6, 6.07) is 6.19. The van der Waals surface area contributed by atoms with Crippen LogP contribution in [-0.4, -0.2) is 61.9 Å². The smallest absolute Gasteiger partial charge is 0.238 e. The van der Waals surface area contributed by atoms with Crippen LogP contribution in [0.1, 0.15) is 24.5 Å². The van der Waals surface area contributed by atoms with Crippen molar-refractivity contribution >= 4 is 11.6 Å². The number of hydrogen-bond acceptors (Lipinski definition) is 5. The van der Waals surface area contributed by atoms with E-state index in [1.165, 1.54) is 11.1 Å². The van der Waals surface area contributed by atoms with Crippen molar-refractivity contribution in [2.45, 2.75) is 26.4 Å². The van der Waals surface area contributed by atoms with Crippen molar-refractivity contribution in [3.8, 4) is 0 Å². The molecule has 132 valence electrons. The highest BCUT2D eigenvalue weighted by atomic mass is 16.5. The lowest BCUT2D eigenvalue weighted by Crippen LogP contribution is -2.41. The Morgan fingerprint density at radius 3 is 2.79 bits per heavy atom. The number of nitrogens with zero attached hydrogens (tertiary/aromatic N) is 2. The molecule has 1 amide bonds. The Kier molecular flexibility index (Phi) is 6.20. The van der Waals surface area contributed by atoms with Crippen LogP contribution in [0, 0.1) is 0 Å². The predicted molar refractivity (Wildman–Crippen MR) is 92.7 cm³/mol. The van der Waals surface area contributed by atoms with Crippen LogP contribution < -0.4 is 5.32 Å². The molecule has 2 aliphatic heterocycles. The predicted octanol–water partition coefficient (Wildman–Crippen LogP) is 1.66. The lowest BCUT2D eigenvalue weighted by Gasteiger charge is -2.25. The minimum atomic E-state index is 0.0398. The Hall–Kier alpha value is -1.47. The molecule has 0 spiro atoms. The number of rotatable bonds is 7. The molecule has 2 heterocycles. The van der Waals surface area contributed by atoms with E-state index in [4.69, 9.17) is 9.47 Å². The van der Waals surface area contributed by atoms with Gasteiger partial charge < -0.3 is 14.8 Å². The fourth-order valence-corrected chi connectivity index (χ4v) is 3.13. The normalized spacial score (nSPS) is 18.5. The summed E-state index contributed by atoms with van der Waals surface area (Å²) in [6.45, 7) is 8.88. The van der Waals surface area contributed by atoms with Crippen molar-refractivity contribution in [1.29, 1.82) is 0 Å². The van der Waals surface area contributed by atoms with Gasteiger partial charge in [-0.15, -0.1) is 0 Å². The molecule has 1 saturated heterocycles. The Labute approximate surface area is 143 Å². The van der Waals surface area contributed by atoms with Crippen LogP contribution >= 0.6 is 0 Å². The summed E-state index contributed by atoms with van der Waals surface area (Å²) in [4.78, 5) is 16.6. The molecule has 0 saturated carbocycles. The zero-order valence-electron chi connectivity index (χ0n) is 14.4. The van der Waals surface area contributed by atoms with Crippen LogP contribution in [0.2, 0.25) is 0 Å². The number of carbonyl (C=O) groups excluding carboxylic acids is 1. The third-order valence-corrected chi connectivity index (χ3v) is 4.37. The number of hydrogen-bond donors (Lipinski definition) is 1. The van der Waals surface area contributed by atoms with Gasteiger partial charge in [0.15, 0.2) is 0 Å². The fourth-order valence-electron chi connectivity index (χ4n) is 3.13. The van der Waals surface area contributed by atoms with E-state index in [0.29, 0.717) is 26.5 Å². The van der Waals surface area contributed by atoms with Gasteiger partial charge in [0.1, 0.15) is 0 Å². The van der Waals surface area contributed by atoms with Gasteiger partial charge in [-0.2, -0.15) is 0 Å². The molecule has 2 aliphatic rings. The van der Waals surface area contributed by atoms with Gasteiger partial charge in [-0.05, 0) is 29.7 Å². The van der Waals surface area contributed by atoms with Crippen molar-refractivity contribution in [3.63, 3.8) is 0 Å². The number of fused-ring (bicyclic) bond motifs is 1. The van der Waals surface area contributed by atoms with Crippen molar-refractivity contribution < 1.29 is 14.3 Å². The number of anilines is 1. The molecule has 1 aromatic carbocycles. The highest BCUT2D eigenvalue weighted by Crippen LogP contribution is 2.25. The zero-order chi connectivity index (χ0) is 16.8. The molecule has 3 rings (SSSR count). The molecule has 1 N–H and O–H groups in total. The SMILES string of the molecule is CCCOCN1Cc2ccc(NC(=O)CN3CCOCC3)cc2C1. The van der Waals surface area contributed by atoms with Gasteiger partial charge in [-0.25, -0.2) is 0 Å². The first-order chi connectivity index (χ1) is 11.7. The number of amides is 1. The molecule has 0 atom stereocenters. The van der Waals surface area contributed by atoms with Crippen LogP contribution in [-0.2, 0) is 27.4 Å². The summed E-state index contributed by atoms with van der Waals surface area (Å²) < 4.78 is 10.9. The van der Waals surface area contributed by atoms with Crippen molar-refractivity contribution in [2.24, 2.45) is 0 Å². The summed E-state index contributed by atoms with van der Waals surface area (Å²) in [6.07, 6.45) is 1.04. The maximum atomic E-state index is 12.2. The molecule has 6 heteroatoms. The van der Waals surface area contributed by atoms with Gasteiger partial charge in [-0.3, -0.25) is 14.6 Å². The Morgan fingerprint density at radius 1 is 1.21 bits per heavy atom. The van der Waals surface area contributed by atoms with E-state index in [-0.39, 0.29) is 5.91 Å². The van der Waals surface area contributed by atoms with Crippen molar-refractivity contribution in [1.82, 2.24) is 9.80 Å². The van der Waals surface area contributed by atoms with Crippen molar-refractivity contribution in [3.05, 3.63) is 29.3 Å². The van der Waals surface area contributed by atoms with Gasteiger partial charge in [0.25, 0.3) is 0 Å². The number of carbonyl (C=O) groups is 1. The Bertz CT molecular complexity index is 558. The number of benzene rings is 1. The summed E-state index contributed by atoms with van der Waals surface area (Å²) in [5.74, 6) is 0.0398. The maximum Gasteiger partial charge on any atom is 0.238 e. The summed E-state index contributed by atoms with van der Waals surface area (Å²) in [7, 11) is 0. The summed E-state index contributed by atoms with van der Waals surface area (Å²) in [5, 5.41) is 3.01. The van der Waals surface area contributed by atoms with E-state index >= 15 is 0 Å². The minimum Gasteiger partial charge on any atom is -0.379 e. The minimum absolute atomic E-state index is 0.0398. The number of nitrogens with one attached hydrogen (secondary N) is 1. The molecule has 0 aromatic heterocycles. The standard InChI is InChI=1S/C18H27N3O3/c1-2-7-24-14-21-11-15-3-4-17(10-16(15)12-21)19-18(22)13-20-5-8-23-9-6-20/h3-4,10H,2,5-9,11-14H2,1H3,(H,19,22). The summed E-state index contributed by atoms with van der Waals surface area (Å²) >= 11 is 0. The van der Waals surface area contributed by atoms with E-state index in [0.717, 1.165) is 44.9 Å². The maximum absolute atomic E-state index is 12.2. The quantitative estimate of drug-likeness (QED) is 0.769. The number of ether oxygens (including phenoxy) is 2. The third-order valence-electron chi connectivity index (χ3n) is 4.37. The second-order valence-corrected chi connectivity index (χ2v) is 6.44. The monoisotopic (exact) mass is 333 g/mol. The van der Waals surface area contributed by atoms with E-state index in [1.54, 1.807) is 0 Å². The van der Waals surface area contributed by atoms with Crippen LogP contribution in [0.3, 0.4) is 0 Å². The van der Waals surface area contributed by atoms with E-state index in [2.05, 4.69) is 34.2 Å². The lowest BCUT2D eigenvalue weighted by molar-refractivity contribution is -0.118. The largest absolute Gasteiger partial charge is 0.379 e. The van der Waals surface area contributed by atoms with Gasteiger partial charge >= 0.3 is 0 Å². The van der Waals surface area contributed by atoms with E-state index in [9.17, 15) is 4.79 Å². The molecule has 0 unspecified atom stereocenters. The first-order valence-electron chi connectivity index (χ1n) is 8.76. The van der Waals surface area contributed by atoms with Gasteiger partial charge in [0.05, 0.1) is 26.5 Å². The molecular weight excluding hydrogens is 306 g/mol. The molecule has 0 bridgehead atoms. The Morgan fingerprint density at radius 2 is 2.00 bits per heavy atom. The second kappa shape index (κ2) is 8.58. The highest BCUT2D eigenvalue weighted by Gasteiger charge is 2.20. The molecule has 6 nitrogen and oxygen atoms in total. The van der Waals surface area contributed by atoms with Crippen molar-refractivity contribution in [2.75, 3.05) is 51.5 Å². The summed E-state index contributed by atoms with van der Waals surface area (Å²) in [5.41, 5.74) is 3.48. The third kappa shape index (κ3) is 4.77. The Balaban J connectivity index is 1.50. The molecule has 24 heavy (non-hydrogen) atoms. The second-order valence-electron chi connectivity index (χ2n) is 6.44. The molecule has 1 fully saturated rings. The molecule has 1 aromatic rings. The fraction of sp³-hybridized carbons (Fsp3) is 0.611. The van der Waals surface area contributed by atoms with Crippen LogP contribution in [0.5, 0.6) is 0 Å². The number of morpholine rings is 1. The van der Waals surface area contributed by atoms with Gasteiger partial charge in [0.2, 0.25) is 5.91 Å². The molecular formula is C18H27N3O3. The first-order valence-corrected chi connectivity index (χ1v) is 8.76.